The molecule has 1 unspecified atom stereocenters. The molecule has 1 rings (SSSR count). The van der Waals surface area contributed by atoms with Gasteiger partial charge in [0.25, 0.3) is 0 Å². The fraction of sp³-hybridized carbons (Fsp3) is 0.650. The Morgan fingerprint density at radius 1 is 1.12 bits per heavy atom. The van der Waals surface area contributed by atoms with Crippen LogP contribution in [-0.2, 0) is 16.1 Å². The fourth-order valence-electron chi connectivity index (χ4n) is 2.48. The predicted octanol–water partition coefficient (Wildman–Crippen LogP) is 3.44. The SMILES string of the molecule is CCCCCCCCC(=O)NCC(O)COCc1ccc(OC)cc1. The van der Waals surface area contributed by atoms with Crippen molar-refractivity contribution in [1.82, 2.24) is 5.32 Å². The molecule has 5 nitrogen and oxygen atoms in total. The fourth-order valence-corrected chi connectivity index (χ4v) is 2.48. The molecule has 0 aliphatic heterocycles. The third kappa shape index (κ3) is 10.8. The minimum atomic E-state index is -0.688. The molecule has 1 aromatic carbocycles. The van der Waals surface area contributed by atoms with Crippen molar-refractivity contribution >= 4 is 5.91 Å². The van der Waals surface area contributed by atoms with Crippen molar-refractivity contribution in [2.24, 2.45) is 0 Å². The van der Waals surface area contributed by atoms with Crippen molar-refractivity contribution in [2.45, 2.75) is 64.6 Å². The van der Waals surface area contributed by atoms with Crippen LogP contribution < -0.4 is 10.1 Å². The lowest BCUT2D eigenvalue weighted by Crippen LogP contribution is -2.34. The van der Waals surface area contributed by atoms with Gasteiger partial charge in [-0.25, -0.2) is 0 Å². The maximum atomic E-state index is 11.7. The molecule has 1 atom stereocenters. The van der Waals surface area contributed by atoms with Crippen LogP contribution in [0.15, 0.2) is 24.3 Å². The Labute approximate surface area is 151 Å². The first-order valence-electron chi connectivity index (χ1n) is 9.31. The number of aliphatic hydroxyl groups is 1. The lowest BCUT2D eigenvalue weighted by atomic mass is 10.1. The normalized spacial score (nSPS) is 12.0. The number of amides is 1. The number of ether oxygens (including phenoxy) is 2. The van der Waals surface area contributed by atoms with Crippen LogP contribution in [0.2, 0.25) is 0 Å². The van der Waals surface area contributed by atoms with Crippen molar-refractivity contribution in [1.29, 1.82) is 0 Å². The summed E-state index contributed by atoms with van der Waals surface area (Å²) in [5.74, 6) is 0.807. The number of methoxy groups -OCH3 is 1. The second-order valence-electron chi connectivity index (χ2n) is 6.34. The summed E-state index contributed by atoms with van der Waals surface area (Å²) in [7, 11) is 1.63. The van der Waals surface area contributed by atoms with E-state index in [-0.39, 0.29) is 19.1 Å². The first-order valence-corrected chi connectivity index (χ1v) is 9.31. The highest BCUT2D eigenvalue weighted by molar-refractivity contribution is 5.75. The maximum absolute atomic E-state index is 11.7. The van der Waals surface area contributed by atoms with Crippen LogP contribution in [0.5, 0.6) is 5.75 Å². The molecule has 0 spiro atoms. The Morgan fingerprint density at radius 3 is 2.48 bits per heavy atom. The van der Waals surface area contributed by atoms with Crippen LogP contribution >= 0.6 is 0 Å². The van der Waals surface area contributed by atoms with Gasteiger partial charge in [0.05, 0.1) is 26.4 Å². The molecule has 142 valence electrons. The van der Waals surface area contributed by atoms with E-state index < -0.39 is 6.10 Å². The van der Waals surface area contributed by atoms with E-state index in [1.165, 1.54) is 25.7 Å². The van der Waals surface area contributed by atoms with Crippen molar-refractivity contribution < 1.29 is 19.4 Å². The highest BCUT2D eigenvalue weighted by Gasteiger charge is 2.07. The van der Waals surface area contributed by atoms with Gasteiger partial charge in [-0.05, 0) is 24.1 Å². The van der Waals surface area contributed by atoms with E-state index in [1.54, 1.807) is 7.11 Å². The number of hydrogen-bond acceptors (Lipinski definition) is 4. The van der Waals surface area contributed by atoms with Gasteiger partial charge in [-0.15, -0.1) is 0 Å². The molecule has 0 aliphatic rings. The van der Waals surface area contributed by atoms with Gasteiger partial charge >= 0.3 is 0 Å². The molecule has 1 aromatic rings. The quantitative estimate of drug-likeness (QED) is 0.504. The smallest absolute Gasteiger partial charge is 0.220 e. The molecule has 1 amide bonds. The Kier molecular flexibility index (Phi) is 11.7. The molecule has 0 bridgehead atoms. The number of aliphatic hydroxyl groups excluding tert-OH is 1. The molecule has 25 heavy (non-hydrogen) atoms. The standard InChI is InChI=1S/C20H33NO4/c1-3-4-5-6-7-8-9-20(23)21-14-18(22)16-25-15-17-10-12-19(24-2)13-11-17/h10-13,18,22H,3-9,14-16H2,1-2H3,(H,21,23). The predicted molar refractivity (Wildman–Crippen MR) is 99.7 cm³/mol. The van der Waals surface area contributed by atoms with Gasteiger partial charge in [-0.2, -0.15) is 0 Å². The second kappa shape index (κ2) is 13.7. The lowest BCUT2D eigenvalue weighted by molar-refractivity contribution is -0.121. The second-order valence-corrected chi connectivity index (χ2v) is 6.34. The number of rotatable bonds is 14. The summed E-state index contributed by atoms with van der Waals surface area (Å²) >= 11 is 0. The van der Waals surface area contributed by atoms with Gasteiger partial charge in [-0.1, -0.05) is 51.2 Å². The molecule has 0 fully saturated rings. The zero-order chi connectivity index (χ0) is 18.3. The first kappa shape index (κ1) is 21.5. The van der Waals surface area contributed by atoms with Gasteiger partial charge in [0, 0.05) is 13.0 Å². The maximum Gasteiger partial charge on any atom is 0.220 e. The highest BCUT2D eigenvalue weighted by Crippen LogP contribution is 2.12. The van der Waals surface area contributed by atoms with Crippen LogP contribution in [0.3, 0.4) is 0 Å². The van der Waals surface area contributed by atoms with E-state index >= 15 is 0 Å². The van der Waals surface area contributed by atoms with Crippen LogP contribution in [0.4, 0.5) is 0 Å². The van der Waals surface area contributed by atoms with Gasteiger partial charge in [-0.3, -0.25) is 4.79 Å². The molecule has 2 N–H and O–H groups in total. The Hall–Kier alpha value is -1.59. The van der Waals surface area contributed by atoms with E-state index in [1.807, 2.05) is 24.3 Å². The Balaban J connectivity index is 2.03. The highest BCUT2D eigenvalue weighted by atomic mass is 16.5. The minimum Gasteiger partial charge on any atom is -0.497 e. The summed E-state index contributed by atoms with van der Waals surface area (Å²) in [6.45, 7) is 3.05. The molecule has 0 heterocycles. The van der Waals surface area contributed by atoms with Crippen molar-refractivity contribution in [3.8, 4) is 5.75 Å². The van der Waals surface area contributed by atoms with E-state index in [4.69, 9.17) is 9.47 Å². The molecule has 0 saturated carbocycles. The van der Waals surface area contributed by atoms with E-state index in [2.05, 4.69) is 12.2 Å². The number of benzene rings is 1. The summed E-state index contributed by atoms with van der Waals surface area (Å²) in [6, 6.07) is 7.59. The average molecular weight is 351 g/mol. The van der Waals surface area contributed by atoms with Crippen molar-refractivity contribution in [3.63, 3.8) is 0 Å². The number of hydrogen-bond donors (Lipinski definition) is 2. The minimum absolute atomic E-state index is 0.00435. The Morgan fingerprint density at radius 2 is 1.80 bits per heavy atom. The lowest BCUT2D eigenvalue weighted by Gasteiger charge is -2.12. The van der Waals surface area contributed by atoms with Crippen LogP contribution in [0, 0.1) is 0 Å². The summed E-state index contributed by atoms with van der Waals surface area (Å²) in [5.41, 5.74) is 1.01. The third-order valence-electron chi connectivity index (χ3n) is 4.03. The number of carbonyl (C=O) groups excluding carboxylic acids is 1. The van der Waals surface area contributed by atoms with E-state index in [0.717, 1.165) is 24.2 Å². The summed E-state index contributed by atoms with van der Waals surface area (Å²) in [5, 5.41) is 12.6. The molecule has 5 heteroatoms. The molecule has 0 radical (unpaired) electrons. The van der Waals surface area contributed by atoms with Crippen LogP contribution in [-0.4, -0.2) is 37.4 Å². The van der Waals surface area contributed by atoms with Crippen LogP contribution in [0.1, 0.15) is 57.4 Å². The zero-order valence-electron chi connectivity index (χ0n) is 15.6. The van der Waals surface area contributed by atoms with E-state index in [0.29, 0.717) is 13.0 Å². The molecular weight excluding hydrogens is 318 g/mol. The van der Waals surface area contributed by atoms with Gasteiger partial charge < -0.3 is 19.9 Å². The summed E-state index contributed by atoms with van der Waals surface area (Å²) in [6.07, 6.45) is 6.82. The molecule has 0 aromatic heterocycles. The topological polar surface area (TPSA) is 67.8 Å². The monoisotopic (exact) mass is 351 g/mol. The number of carbonyl (C=O) groups is 1. The van der Waals surface area contributed by atoms with Crippen molar-refractivity contribution in [3.05, 3.63) is 29.8 Å². The van der Waals surface area contributed by atoms with Crippen LogP contribution in [0.25, 0.3) is 0 Å². The summed E-state index contributed by atoms with van der Waals surface area (Å²) < 4.78 is 10.6. The van der Waals surface area contributed by atoms with Gasteiger partial charge in [0.2, 0.25) is 5.91 Å². The molecule has 0 saturated heterocycles. The Bertz CT molecular complexity index is 461. The third-order valence-corrected chi connectivity index (χ3v) is 4.03. The molecular formula is C20H33NO4. The summed E-state index contributed by atoms with van der Waals surface area (Å²) in [4.78, 5) is 11.7. The zero-order valence-corrected chi connectivity index (χ0v) is 15.6. The van der Waals surface area contributed by atoms with E-state index in [9.17, 15) is 9.90 Å². The van der Waals surface area contributed by atoms with Gasteiger partial charge in [0.15, 0.2) is 0 Å². The van der Waals surface area contributed by atoms with Crippen molar-refractivity contribution in [2.75, 3.05) is 20.3 Å². The average Bonchev–Trinajstić information content (AvgIpc) is 2.63. The number of unbranched alkanes of at least 4 members (excludes halogenated alkanes) is 5. The first-order chi connectivity index (χ1) is 12.2. The number of nitrogens with one attached hydrogen (secondary N) is 1. The molecule has 0 aliphatic carbocycles. The van der Waals surface area contributed by atoms with Gasteiger partial charge in [0.1, 0.15) is 5.75 Å². The largest absolute Gasteiger partial charge is 0.497 e.